The van der Waals surface area contributed by atoms with Gasteiger partial charge >= 0.3 is 0 Å². The maximum atomic E-state index is 12.5. The van der Waals surface area contributed by atoms with Gasteiger partial charge < -0.3 is 19.3 Å². The van der Waals surface area contributed by atoms with Crippen LogP contribution in [0.25, 0.3) is 16.8 Å². The summed E-state index contributed by atoms with van der Waals surface area (Å²) in [6.45, 7) is 9.13. The number of carbonyl (C=O) groups is 1. The van der Waals surface area contributed by atoms with Crippen LogP contribution in [0.1, 0.15) is 48.4 Å². The number of carbonyl (C=O) groups excluding carboxylic acids is 1. The number of fused-ring (bicyclic) bond motifs is 1. The summed E-state index contributed by atoms with van der Waals surface area (Å²) in [5.41, 5.74) is 4.23. The van der Waals surface area contributed by atoms with Gasteiger partial charge in [0.05, 0.1) is 24.0 Å². The van der Waals surface area contributed by atoms with Crippen LogP contribution < -0.4 is 10.1 Å². The quantitative estimate of drug-likeness (QED) is 0.395. The summed E-state index contributed by atoms with van der Waals surface area (Å²) < 4.78 is 17.7. The fourth-order valence-electron chi connectivity index (χ4n) is 3.37. The van der Waals surface area contributed by atoms with E-state index in [4.69, 9.17) is 14.0 Å². The molecule has 0 radical (unpaired) electrons. The number of hydrogen-bond acceptors (Lipinski definition) is 8. The Kier molecular flexibility index (Phi) is 6.60. The highest BCUT2D eigenvalue weighted by Gasteiger charge is 2.24. The molecule has 0 bridgehead atoms. The van der Waals surface area contributed by atoms with Crippen molar-refractivity contribution in [3.8, 4) is 17.0 Å². The van der Waals surface area contributed by atoms with Crippen LogP contribution in [-0.4, -0.2) is 51.0 Å². The third-order valence-electron chi connectivity index (χ3n) is 5.26. The Morgan fingerprint density at radius 2 is 2.03 bits per heavy atom. The number of nitrogens with one attached hydrogen (secondary N) is 1. The largest absolute Gasteiger partial charge is 0.489 e. The Morgan fingerprint density at radius 1 is 1.21 bits per heavy atom. The lowest BCUT2D eigenvalue weighted by molar-refractivity contribution is 0.0937. The number of methoxy groups -OCH3 is 1. The van der Waals surface area contributed by atoms with Crippen LogP contribution in [0.3, 0.4) is 0 Å². The van der Waals surface area contributed by atoms with Gasteiger partial charge in [0.25, 0.3) is 11.7 Å². The topological polar surface area (TPSA) is 117 Å². The van der Waals surface area contributed by atoms with E-state index in [1.807, 2.05) is 58.2 Å². The molecule has 1 N–H and O–H groups in total. The number of nitrogens with zero attached hydrogens (tertiary/aromatic N) is 5. The molecule has 0 atom stereocenters. The summed E-state index contributed by atoms with van der Waals surface area (Å²) >= 11 is 0. The van der Waals surface area contributed by atoms with Crippen LogP contribution in [0.2, 0.25) is 0 Å². The molecule has 0 aliphatic carbocycles. The minimum Gasteiger partial charge on any atom is -0.489 e. The Labute approximate surface area is 197 Å². The Bertz CT molecular complexity index is 1300. The van der Waals surface area contributed by atoms with Gasteiger partial charge in [0.2, 0.25) is 5.89 Å². The van der Waals surface area contributed by atoms with Gasteiger partial charge in [0.1, 0.15) is 18.7 Å². The molecule has 34 heavy (non-hydrogen) atoms. The van der Waals surface area contributed by atoms with E-state index in [1.165, 1.54) is 6.33 Å². The molecule has 1 aromatic carbocycles. The smallest absolute Gasteiger partial charge is 0.292 e. The number of ether oxygens (including phenoxy) is 2. The molecule has 0 aliphatic heterocycles. The fraction of sp³-hybridized carbons (Fsp3) is 0.375. The second-order valence-corrected chi connectivity index (χ2v) is 8.95. The van der Waals surface area contributed by atoms with Gasteiger partial charge in [-0.3, -0.25) is 4.79 Å². The van der Waals surface area contributed by atoms with E-state index in [0.717, 1.165) is 27.9 Å². The summed E-state index contributed by atoms with van der Waals surface area (Å²) in [5, 5.41) is 10.9. The van der Waals surface area contributed by atoms with Crippen LogP contribution in [-0.2, 0) is 16.7 Å². The molecule has 178 valence electrons. The van der Waals surface area contributed by atoms with Crippen LogP contribution in [0.4, 0.5) is 0 Å². The van der Waals surface area contributed by atoms with Crippen molar-refractivity contribution >= 4 is 11.4 Å². The standard InChI is InChI=1S/C24H28N6O4/c1-15-10-16(20-19-11-18(33-9-8-32-5)13-30(19)27-14-26-20)6-7-17(15)12-25-22(31)21-28-23(34-29-21)24(2,3)4/h6-7,10-11,13-14H,8-9,12H2,1-5H3,(H,25,31). The normalized spacial score (nSPS) is 11.7. The number of rotatable bonds is 8. The lowest BCUT2D eigenvalue weighted by atomic mass is 9.97. The van der Waals surface area contributed by atoms with E-state index in [0.29, 0.717) is 31.4 Å². The van der Waals surface area contributed by atoms with Crippen molar-refractivity contribution in [2.24, 2.45) is 0 Å². The zero-order valence-corrected chi connectivity index (χ0v) is 20.0. The first-order valence-electron chi connectivity index (χ1n) is 10.9. The molecule has 3 aromatic heterocycles. The van der Waals surface area contributed by atoms with Crippen molar-refractivity contribution in [3.63, 3.8) is 0 Å². The Morgan fingerprint density at radius 3 is 2.74 bits per heavy atom. The van der Waals surface area contributed by atoms with Crippen molar-refractivity contribution < 1.29 is 18.8 Å². The highest BCUT2D eigenvalue weighted by molar-refractivity contribution is 5.90. The predicted octanol–water partition coefficient (Wildman–Crippen LogP) is 3.34. The molecule has 0 aliphatic rings. The molecular weight excluding hydrogens is 436 g/mol. The number of aryl methyl sites for hydroxylation is 1. The van der Waals surface area contributed by atoms with Crippen molar-refractivity contribution in [3.05, 3.63) is 59.6 Å². The molecule has 0 unspecified atom stereocenters. The van der Waals surface area contributed by atoms with Crippen LogP contribution in [0, 0.1) is 6.92 Å². The highest BCUT2D eigenvalue weighted by Crippen LogP contribution is 2.27. The van der Waals surface area contributed by atoms with Gasteiger partial charge in [0, 0.05) is 30.7 Å². The molecule has 4 aromatic rings. The Balaban J connectivity index is 1.48. The van der Waals surface area contributed by atoms with Gasteiger partial charge in [-0.05, 0) is 24.1 Å². The molecule has 0 spiro atoms. The Hall–Kier alpha value is -3.79. The maximum Gasteiger partial charge on any atom is 0.292 e. The number of aromatic nitrogens is 5. The SMILES string of the molecule is COCCOc1cc2c(-c3ccc(CNC(=O)c4noc(C(C)(C)C)n4)c(C)c3)ncnn2c1. The van der Waals surface area contributed by atoms with Crippen LogP contribution in [0.15, 0.2) is 41.3 Å². The third kappa shape index (κ3) is 5.07. The first kappa shape index (κ1) is 23.4. The van der Waals surface area contributed by atoms with Gasteiger partial charge in [-0.2, -0.15) is 10.1 Å². The summed E-state index contributed by atoms with van der Waals surface area (Å²) in [6.07, 6.45) is 3.33. The minimum absolute atomic E-state index is 0.0272. The van der Waals surface area contributed by atoms with Gasteiger partial charge in [-0.15, -0.1) is 0 Å². The maximum absolute atomic E-state index is 12.5. The molecule has 0 saturated heterocycles. The van der Waals surface area contributed by atoms with Gasteiger partial charge in [0.15, 0.2) is 0 Å². The van der Waals surface area contributed by atoms with Crippen molar-refractivity contribution in [1.82, 2.24) is 30.1 Å². The second kappa shape index (κ2) is 9.60. The lowest BCUT2D eigenvalue weighted by Crippen LogP contribution is -2.24. The summed E-state index contributed by atoms with van der Waals surface area (Å²) in [4.78, 5) is 21.2. The van der Waals surface area contributed by atoms with E-state index >= 15 is 0 Å². The van der Waals surface area contributed by atoms with E-state index in [2.05, 4.69) is 25.5 Å². The summed E-state index contributed by atoms with van der Waals surface area (Å²) in [7, 11) is 1.63. The van der Waals surface area contributed by atoms with Crippen LogP contribution >= 0.6 is 0 Å². The number of hydrogen-bond donors (Lipinski definition) is 1. The second-order valence-electron chi connectivity index (χ2n) is 8.95. The lowest BCUT2D eigenvalue weighted by Gasteiger charge is -2.10. The van der Waals surface area contributed by atoms with E-state index < -0.39 is 0 Å². The van der Waals surface area contributed by atoms with Gasteiger partial charge in [-0.1, -0.05) is 38.1 Å². The first-order valence-corrected chi connectivity index (χ1v) is 10.9. The van der Waals surface area contributed by atoms with Gasteiger partial charge in [-0.25, -0.2) is 9.50 Å². The molecule has 0 fully saturated rings. The zero-order chi connectivity index (χ0) is 24.3. The highest BCUT2D eigenvalue weighted by atomic mass is 16.5. The van der Waals surface area contributed by atoms with E-state index in [-0.39, 0.29) is 17.1 Å². The fourth-order valence-corrected chi connectivity index (χ4v) is 3.37. The number of benzene rings is 1. The minimum atomic E-state index is -0.380. The monoisotopic (exact) mass is 464 g/mol. The van der Waals surface area contributed by atoms with Crippen molar-refractivity contribution in [2.45, 2.75) is 39.7 Å². The van der Waals surface area contributed by atoms with Crippen LogP contribution in [0.5, 0.6) is 5.75 Å². The summed E-state index contributed by atoms with van der Waals surface area (Å²) in [5.74, 6) is 0.770. The average Bonchev–Trinajstić information content (AvgIpc) is 3.45. The zero-order valence-electron chi connectivity index (χ0n) is 20.0. The van der Waals surface area contributed by atoms with Crippen molar-refractivity contribution in [2.75, 3.05) is 20.3 Å². The molecule has 10 nitrogen and oxygen atoms in total. The number of amides is 1. The molecule has 1 amide bonds. The molecule has 4 rings (SSSR count). The van der Waals surface area contributed by atoms with E-state index in [9.17, 15) is 4.79 Å². The molecular formula is C24H28N6O4. The molecule has 0 saturated carbocycles. The van der Waals surface area contributed by atoms with E-state index in [1.54, 1.807) is 11.6 Å². The average molecular weight is 465 g/mol. The third-order valence-corrected chi connectivity index (χ3v) is 5.26. The summed E-state index contributed by atoms with van der Waals surface area (Å²) in [6, 6.07) is 7.89. The first-order chi connectivity index (χ1) is 16.3. The van der Waals surface area contributed by atoms with Crippen molar-refractivity contribution in [1.29, 1.82) is 0 Å². The molecule has 10 heteroatoms. The molecule has 3 heterocycles. The predicted molar refractivity (Wildman–Crippen MR) is 125 cm³/mol.